The molecule has 2 aromatic rings. The lowest BCUT2D eigenvalue weighted by Gasteiger charge is -2.23. The molecular weight excluding hydrogens is 400 g/mol. The zero-order chi connectivity index (χ0) is 22.5. The minimum absolute atomic E-state index is 0.373. The fraction of sp³-hybridized carbons (Fsp3) is 0.364. The van der Waals surface area contributed by atoms with Crippen LogP contribution in [-0.4, -0.2) is 63.1 Å². The van der Waals surface area contributed by atoms with Crippen molar-refractivity contribution < 1.29 is 24.6 Å². The lowest BCUT2D eigenvalue weighted by atomic mass is 10.00. The van der Waals surface area contributed by atoms with Crippen molar-refractivity contribution in [2.75, 3.05) is 13.1 Å². The van der Waals surface area contributed by atoms with Gasteiger partial charge in [-0.05, 0) is 37.5 Å². The molecule has 3 amide bonds. The molecular formula is C22H26N4O5. The Hall–Kier alpha value is -3.30. The number of primary amides is 1. The van der Waals surface area contributed by atoms with Gasteiger partial charge >= 0.3 is 0 Å². The smallest absolute Gasteiger partial charge is 0.254 e. The van der Waals surface area contributed by atoms with E-state index in [4.69, 9.17) is 5.73 Å². The fourth-order valence-corrected chi connectivity index (χ4v) is 3.55. The number of carbonyl (C=O) groups excluding carboxylic acids is 3. The molecule has 1 aromatic carbocycles. The summed E-state index contributed by atoms with van der Waals surface area (Å²) in [5.74, 6) is -2.06. The number of hydrogen-bond donors (Lipinski definition) is 4. The Morgan fingerprint density at radius 1 is 1.06 bits per heavy atom. The van der Waals surface area contributed by atoms with E-state index in [9.17, 15) is 24.6 Å². The Morgan fingerprint density at radius 3 is 2.35 bits per heavy atom. The van der Waals surface area contributed by atoms with Gasteiger partial charge in [-0.3, -0.25) is 19.4 Å². The van der Waals surface area contributed by atoms with Crippen molar-refractivity contribution in [2.45, 2.75) is 38.0 Å². The monoisotopic (exact) mass is 426 g/mol. The summed E-state index contributed by atoms with van der Waals surface area (Å²) in [6.07, 6.45) is -0.461. The van der Waals surface area contributed by atoms with Crippen LogP contribution in [0.2, 0.25) is 0 Å². The quantitative estimate of drug-likeness (QED) is 0.503. The van der Waals surface area contributed by atoms with E-state index in [-0.39, 0.29) is 0 Å². The van der Waals surface area contributed by atoms with Crippen LogP contribution >= 0.6 is 0 Å². The van der Waals surface area contributed by atoms with Crippen LogP contribution in [0.4, 0.5) is 0 Å². The highest BCUT2D eigenvalue weighted by Gasteiger charge is 2.34. The van der Waals surface area contributed by atoms with Crippen LogP contribution in [0.25, 0.3) is 11.1 Å². The summed E-state index contributed by atoms with van der Waals surface area (Å²) in [6.45, 7) is 2.68. The molecule has 0 aliphatic carbocycles. The van der Waals surface area contributed by atoms with Crippen molar-refractivity contribution in [3.05, 3.63) is 53.9 Å². The molecule has 0 saturated carbocycles. The van der Waals surface area contributed by atoms with Gasteiger partial charge in [0.2, 0.25) is 5.91 Å². The summed E-state index contributed by atoms with van der Waals surface area (Å²) in [7, 11) is 0. The number of nitrogens with one attached hydrogen (secondary N) is 1. The van der Waals surface area contributed by atoms with Crippen LogP contribution in [0.1, 0.15) is 41.9 Å². The summed E-state index contributed by atoms with van der Waals surface area (Å²) < 4.78 is 0. The Labute approximate surface area is 179 Å². The van der Waals surface area contributed by atoms with E-state index in [0.29, 0.717) is 35.5 Å². The van der Waals surface area contributed by atoms with E-state index in [1.54, 1.807) is 49.5 Å². The van der Waals surface area contributed by atoms with Crippen molar-refractivity contribution in [2.24, 2.45) is 5.73 Å². The first-order valence-corrected chi connectivity index (χ1v) is 10.1. The number of carbonyl (C=O) groups is 3. The molecule has 31 heavy (non-hydrogen) atoms. The van der Waals surface area contributed by atoms with E-state index in [2.05, 4.69) is 10.3 Å². The number of aliphatic hydroxyl groups is 2. The third kappa shape index (κ3) is 5.07. The molecule has 1 saturated heterocycles. The molecule has 1 fully saturated rings. The van der Waals surface area contributed by atoms with Gasteiger partial charge in [-0.1, -0.05) is 24.3 Å². The molecule has 0 radical (unpaired) electrons. The zero-order valence-electron chi connectivity index (χ0n) is 17.2. The normalized spacial score (nSPS) is 16.4. The third-order valence-electron chi connectivity index (χ3n) is 5.33. The molecule has 1 aromatic heterocycles. The van der Waals surface area contributed by atoms with Gasteiger partial charge < -0.3 is 26.2 Å². The Morgan fingerprint density at radius 2 is 1.74 bits per heavy atom. The third-order valence-corrected chi connectivity index (χ3v) is 5.33. The molecule has 2 heterocycles. The molecule has 0 spiro atoms. The first-order valence-electron chi connectivity index (χ1n) is 10.1. The van der Waals surface area contributed by atoms with Crippen molar-refractivity contribution in [1.29, 1.82) is 0 Å². The number of aliphatic hydroxyl groups excluding tert-OH is 2. The van der Waals surface area contributed by atoms with Crippen molar-refractivity contribution in [3.8, 4) is 11.1 Å². The fourth-order valence-electron chi connectivity index (χ4n) is 3.55. The largest absolute Gasteiger partial charge is 0.380 e. The minimum Gasteiger partial charge on any atom is -0.380 e. The van der Waals surface area contributed by atoms with Gasteiger partial charge in [-0.2, -0.15) is 0 Å². The van der Waals surface area contributed by atoms with Gasteiger partial charge in [0.1, 0.15) is 0 Å². The van der Waals surface area contributed by atoms with Gasteiger partial charge in [0, 0.05) is 30.4 Å². The van der Waals surface area contributed by atoms with Crippen LogP contribution in [0.3, 0.4) is 0 Å². The second-order valence-electron chi connectivity index (χ2n) is 7.53. The van der Waals surface area contributed by atoms with Crippen LogP contribution in [0, 0.1) is 0 Å². The van der Waals surface area contributed by atoms with Crippen LogP contribution < -0.4 is 11.1 Å². The van der Waals surface area contributed by atoms with Gasteiger partial charge in [-0.15, -0.1) is 0 Å². The molecule has 1 aliphatic rings. The predicted molar refractivity (Wildman–Crippen MR) is 113 cm³/mol. The van der Waals surface area contributed by atoms with Crippen LogP contribution in [0.15, 0.2) is 42.6 Å². The second-order valence-corrected chi connectivity index (χ2v) is 7.53. The molecule has 5 N–H and O–H groups in total. The van der Waals surface area contributed by atoms with Gasteiger partial charge in [-0.25, -0.2) is 0 Å². The highest BCUT2D eigenvalue weighted by Crippen LogP contribution is 2.24. The molecule has 0 bridgehead atoms. The Bertz CT molecular complexity index is 957. The average molecular weight is 426 g/mol. The number of nitrogens with two attached hydrogens (primary N) is 1. The SMILES string of the molecule is CC(NC(=O)[C@H](O)[C@@H](O)C(=O)N1CCCC1)c1ccc(-c2ccccc2C(N)=O)cn1. The number of rotatable bonds is 7. The Balaban J connectivity index is 1.65. The number of nitrogens with zero attached hydrogens (tertiary/aromatic N) is 2. The van der Waals surface area contributed by atoms with E-state index in [0.717, 1.165) is 12.8 Å². The number of benzene rings is 1. The first kappa shape index (κ1) is 22.4. The molecule has 164 valence electrons. The predicted octanol–water partition coefficient (Wildman–Crippen LogP) is 0.369. The highest BCUT2D eigenvalue weighted by molar-refractivity contribution is 5.99. The number of likely N-dealkylation sites (tertiary alicyclic amines) is 1. The summed E-state index contributed by atoms with van der Waals surface area (Å²) in [5.41, 5.74) is 7.62. The first-order chi connectivity index (χ1) is 14.8. The molecule has 3 rings (SSSR count). The number of aromatic nitrogens is 1. The summed E-state index contributed by atoms with van der Waals surface area (Å²) >= 11 is 0. The minimum atomic E-state index is -1.88. The number of pyridine rings is 1. The maximum absolute atomic E-state index is 12.3. The van der Waals surface area contributed by atoms with Crippen molar-refractivity contribution in [1.82, 2.24) is 15.2 Å². The van der Waals surface area contributed by atoms with E-state index < -0.39 is 36.0 Å². The molecule has 1 aliphatic heterocycles. The topological polar surface area (TPSA) is 146 Å². The Kier molecular flexibility index (Phi) is 6.98. The average Bonchev–Trinajstić information content (AvgIpc) is 3.32. The number of hydrogen-bond acceptors (Lipinski definition) is 6. The van der Waals surface area contributed by atoms with Gasteiger partial charge in [0.25, 0.3) is 11.8 Å². The highest BCUT2D eigenvalue weighted by atomic mass is 16.3. The lowest BCUT2D eigenvalue weighted by Crippen LogP contribution is -2.50. The lowest BCUT2D eigenvalue weighted by molar-refractivity contribution is -0.152. The zero-order valence-corrected chi connectivity index (χ0v) is 17.2. The molecule has 1 unspecified atom stereocenters. The maximum Gasteiger partial charge on any atom is 0.254 e. The van der Waals surface area contributed by atoms with Crippen LogP contribution in [0.5, 0.6) is 0 Å². The number of amides is 3. The van der Waals surface area contributed by atoms with Crippen LogP contribution in [-0.2, 0) is 9.59 Å². The second kappa shape index (κ2) is 9.67. The molecule has 3 atom stereocenters. The van der Waals surface area contributed by atoms with E-state index >= 15 is 0 Å². The standard InChI is InChI=1S/C22H26N4O5/c1-13(25-21(30)18(27)19(28)22(31)26-10-4-5-11-26)17-9-8-14(12-24-17)15-6-2-3-7-16(15)20(23)29/h2-3,6-9,12-13,18-19,27-28H,4-5,10-11H2,1H3,(H2,23,29)(H,25,30)/t13?,18-,19-/m1/s1. The van der Waals surface area contributed by atoms with Crippen molar-refractivity contribution in [3.63, 3.8) is 0 Å². The maximum atomic E-state index is 12.3. The van der Waals surface area contributed by atoms with E-state index in [1.807, 2.05) is 0 Å². The summed E-state index contributed by atoms with van der Waals surface area (Å²) in [4.78, 5) is 41.9. The molecule has 9 heteroatoms. The van der Waals surface area contributed by atoms with Crippen molar-refractivity contribution >= 4 is 17.7 Å². The van der Waals surface area contributed by atoms with Gasteiger partial charge in [0.05, 0.1) is 11.7 Å². The molecule has 9 nitrogen and oxygen atoms in total. The summed E-state index contributed by atoms with van der Waals surface area (Å²) in [6, 6.07) is 9.73. The van der Waals surface area contributed by atoms with E-state index in [1.165, 1.54) is 4.90 Å². The van der Waals surface area contributed by atoms with Gasteiger partial charge in [0.15, 0.2) is 12.2 Å². The summed E-state index contributed by atoms with van der Waals surface area (Å²) in [5, 5.41) is 22.7.